The molecule has 0 heteroatoms. The minimum atomic E-state index is 0.444. The van der Waals surface area contributed by atoms with Crippen LogP contribution in [0.1, 0.15) is 149 Å². The fourth-order valence-corrected chi connectivity index (χ4v) is 4.40. The maximum atomic E-state index is 4.25. The maximum Gasteiger partial charge on any atom is -0.0121 e. The molecule has 0 atom stereocenters. The van der Waals surface area contributed by atoms with E-state index in [-0.39, 0.29) is 0 Å². The van der Waals surface area contributed by atoms with Crippen molar-refractivity contribution in [2.75, 3.05) is 0 Å². The molecule has 0 aliphatic heterocycles. The van der Waals surface area contributed by atoms with Gasteiger partial charge in [-0.25, -0.2) is 0 Å². The van der Waals surface area contributed by atoms with Crippen molar-refractivity contribution in [3.05, 3.63) is 12.7 Å². The molecule has 0 nitrogen and oxygen atoms in total. The van der Waals surface area contributed by atoms with Crippen LogP contribution < -0.4 is 0 Å². The molecule has 0 aliphatic rings. The number of rotatable bonds is 21. The van der Waals surface area contributed by atoms with Crippen LogP contribution in [0.25, 0.3) is 0 Å². The van der Waals surface area contributed by atoms with Crippen molar-refractivity contribution in [3.8, 4) is 0 Å². The van der Waals surface area contributed by atoms with E-state index in [0.29, 0.717) is 5.41 Å². The smallest absolute Gasteiger partial charge is 0.0121 e. The molecule has 0 saturated carbocycles. The van der Waals surface area contributed by atoms with Gasteiger partial charge in [0.1, 0.15) is 0 Å². The average molecular weight is 365 g/mol. The lowest BCUT2D eigenvalue weighted by atomic mass is 9.74. The largest absolute Gasteiger partial charge is 0.103 e. The van der Waals surface area contributed by atoms with Gasteiger partial charge < -0.3 is 0 Å². The van der Waals surface area contributed by atoms with Crippen molar-refractivity contribution in [3.63, 3.8) is 0 Å². The van der Waals surface area contributed by atoms with Gasteiger partial charge >= 0.3 is 0 Å². The van der Waals surface area contributed by atoms with E-state index in [0.717, 1.165) is 0 Å². The Kier molecular flexibility index (Phi) is 19.3. The van der Waals surface area contributed by atoms with Crippen LogP contribution in [-0.2, 0) is 0 Å². The molecule has 0 aromatic rings. The summed E-state index contributed by atoms with van der Waals surface area (Å²) in [5, 5.41) is 0. The van der Waals surface area contributed by atoms with E-state index in [1.54, 1.807) is 0 Å². The predicted octanol–water partition coefficient (Wildman–Crippen LogP) is 10.0. The SMILES string of the molecule is C=CC(CCC)(CCCCCCCCCC)CCCCCCCCCC. The van der Waals surface area contributed by atoms with Gasteiger partial charge in [-0.05, 0) is 24.7 Å². The van der Waals surface area contributed by atoms with Gasteiger partial charge in [0.15, 0.2) is 0 Å². The van der Waals surface area contributed by atoms with E-state index in [2.05, 4.69) is 33.4 Å². The Morgan fingerprint density at radius 1 is 0.462 bits per heavy atom. The number of unbranched alkanes of at least 4 members (excludes halogenated alkanes) is 14. The zero-order chi connectivity index (χ0) is 19.3. The normalized spacial score (nSPS) is 11.8. The van der Waals surface area contributed by atoms with Crippen molar-refractivity contribution in [1.29, 1.82) is 0 Å². The van der Waals surface area contributed by atoms with E-state index in [1.165, 1.54) is 128 Å². The lowest BCUT2D eigenvalue weighted by Crippen LogP contribution is -2.17. The maximum absolute atomic E-state index is 4.25. The first-order valence-electron chi connectivity index (χ1n) is 12.4. The summed E-state index contributed by atoms with van der Waals surface area (Å²) in [4.78, 5) is 0. The van der Waals surface area contributed by atoms with Gasteiger partial charge in [-0.1, -0.05) is 136 Å². The Labute approximate surface area is 167 Å². The van der Waals surface area contributed by atoms with Crippen molar-refractivity contribution in [2.24, 2.45) is 5.41 Å². The number of allylic oxidation sites excluding steroid dienone is 1. The highest BCUT2D eigenvalue weighted by Crippen LogP contribution is 2.37. The molecule has 26 heavy (non-hydrogen) atoms. The second kappa shape index (κ2) is 19.5. The van der Waals surface area contributed by atoms with Gasteiger partial charge in [0.2, 0.25) is 0 Å². The van der Waals surface area contributed by atoms with E-state index in [9.17, 15) is 0 Å². The van der Waals surface area contributed by atoms with Crippen LogP contribution in [0.4, 0.5) is 0 Å². The van der Waals surface area contributed by atoms with Crippen molar-refractivity contribution < 1.29 is 0 Å². The molecule has 0 spiro atoms. The minimum absolute atomic E-state index is 0.444. The van der Waals surface area contributed by atoms with Crippen molar-refractivity contribution >= 4 is 0 Å². The fraction of sp³-hybridized carbons (Fsp3) is 0.923. The van der Waals surface area contributed by atoms with E-state index >= 15 is 0 Å². The second-order valence-electron chi connectivity index (χ2n) is 8.77. The standard InChI is InChI=1S/C26H52/c1-5-9-11-13-15-17-19-21-24-26(8-4,23-7-3)25-22-20-18-16-14-12-10-6-2/h8H,4-7,9-25H2,1-3H3. The third kappa shape index (κ3) is 14.9. The molecule has 0 fully saturated rings. The van der Waals surface area contributed by atoms with Crippen molar-refractivity contribution in [2.45, 2.75) is 149 Å². The van der Waals surface area contributed by atoms with E-state index < -0.39 is 0 Å². The summed E-state index contributed by atoms with van der Waals surface area (Å²) in [7, 11) is 0. The molecular weight excluding hydrogens is 312 g/mol. The topological polar surface area (TPSA) is 0 Å². The monoisotopic (exact) mass is 364 g/mol. The Balaban J connectivity index is 3.87. The predicted molar refractivity (Wildman–Crippen MR) is 122 cm³/mol. The van der Waals surface area contributed by atoms with Crippen LogP contribution in [0, 0.1) is 5.41 Å². The highest BCUT2D eigenvalue weighted by molar-refractivity contribution is 4.94. The molecule has 0 aromatic carbocycles. The zero-order valence-corrected chi connectivity index (χ0v) is 18.9. The first-order valence-corrected chi connectivity index (χ1v) is 12.4. The van der Waals surface area contributed by atoms with Crippen LogP contribution in [0.2, 0.25) is 0 Å². The number of hydrogen-bond donors (Lipinski definition) is 0. The molecule has 0 rings (SSSR count). The highest BCUT2D eigenvalue weighted by atomic mass is 14.3. The molecule has 0 unspecified atom stereocenters. The summed E-state index contributed by atoms with van der Waals surface area (Å²) in [6, 6.07) is 0. The van der Waals surface area contributed by atoms with Gasteiger partial charge in [-0.15, -0.1) is 6.58 Å². The van der Waals surface area contributed by atoms with Gasteiger partial charge in [-0.2, -0.15) is 0 Å². The quantitative estimate of drug-likeness (QED) is 0.140. The van der Waals surface area contributed by atoms with Gasteiger partial charge in [0, 0.05) is 0 Å². The molecule has 0 radical (unpaired) electrons. The molecule has 0 heterocycles. The lowest BCUT2D eigenvalue weighted by Gasteiger charge is -2.31. The molecule has 0 amide bonds. The second-order valence-corrected chi connectivity index (χ2v) is 8.77. The molecule has 0 bridgehead atoms. The van der Waals surface area contributed by atoms with Gasteiger partial charge in [-0.3, -0.25) is 0 Å². The summed E-state index contributed by atoms with van der Waals surface area (Å²) in [6.45, 7) is 11.2. The summed E-state index contributed by atoms with van der Waals surface area (Å²) in [6.07, 6.45) is 30.6. The van der Waals surface area contributed by atoms with Crippen molar-refractivity contribution in [1.82, 2.24) is 0 Å². The molecule has 0 aliphatic carbocycles. The fourth-order valence-electron chi connectivity index (χ4n) is 4.40. The first kappa shape index (κ1) is 25.7. The van der Waals surface area contributed by atoms with Crippen LogP contribution in [0.3, 0.4) is 0 Å². The van der Waals surface area contributed by atoms with Gasteiger partial charge in [0.05, 0.1) is 0 Å². The summed E-state index contributed by atoms with van der Waals surface area (Å²) < 4.78 is 0. The molecule has 156 valence electrons. The van der Waals surface area contributed by atoms with E-state index in [1.807, 2.05) is 0 Å². The van der Waals surface area contributed by atoms with Crippen LogP contribution in [-0.4, -0.2) is 0 Å². The Morgan fingerprint density at radius 2 is 0.808 bits per heavy atom. The summed E-state index contributed by atoms with van der Waals surface area (Å²) in [5.41, 5.74) is 0.444. The third-order valence-corrected chi connectivity index (χ3v) is 6.24. The van der Waals surface area contributed by atoms with E-state index in [4.69, 9.17) is 0 Å². The highest BCUT2D eigenvalue weighted by Gasteiger charge is 2.24. The van der Waals surface area contributed by atoms with Crippen LogP contribution in [0.15, 0.2) is 12.7 Å². The summed E-state index contributed by atoms with van der Waals surface area (Å²) >= 11 is 0. The minimum Gasteiger partial charge on any atom is -0.103 e. The first-order chi connectivity index (χ1) is 12.7. The molecule has 0 saturated heterocycles. The zero-order valence-electron chi connectivity index (χ0n) is 18.9. The Bertz CT molecular complexity index is 258. The Hall–Kier alpha value is -0.260. The number of hydrogen-bond acceptors (Lipinski definition) is 0. The molecular formula is C26H52. The van der Waals surface area contributed by atoms with Crippen LogP contribution >= 0.6 is 0 Å². The molecule has 0 aromatic heterocycles. The Morgan fingerprint density at radius 3 is 1.12 bits per heavy atom. The van der Waals surface area contributed by atoms with Crippen LogP contribution in [0.5, 0.6) is 0 Å². The lowest BCUT2D eigenvalue weighted by molar-refractivity contribution is 0.272. The van der Waals surface area contributed by atoms with Gasteiger partial charge in [0.25, 0.3) is 0 Å². The average Bonchev–Trinajstić information content (AvgIpc) is 2.66. The molecule has 0 N–H and O–H groups in total. The summed E-state index contributed by atoms with van der Waals surface area (Å²) in [5.74, 6) is 0. The third-order valence-electron chi connectivity index (χ3n) is 6.24.